The smallest absolute Gasteiger partial charge is 0.328 e. The summed E-state index contributed by atoms with van der Waals surface area (Å²) in [7, 11) is 0. The van der Waals surface area contributed by atoms with Crippen molar-refractivity contribution in [1.29, 1.82) is 0 Å². The fourth-order valence-corrected chi connectivity index (χ4v) is 2.55. The standard InChI is InChI=1S/C17H24N4O3/c18-9-3-1-2-4-10-19-16(23)13-6-5-7-14(12-13)21-11-8-15(22)20-17(21)24/h5-7,12H,1-4,8-11,18H2,(H,19,23)(H,20,22,24). The highest BCUT2D eigenvalue weighted by Crippen LogP contribution is 2.18. The number of hydrogen-bond acceptors (Lipinski definition) is 4. The van der Waals surface area contributed by atoms with E-state index in [0.717, 1.165) is 25.7 Å². The van der Waals surface area contributed by atoms with Gasteiger partial charge in [-0.2, -0.15) is 0 Å². The molecular weight excluding hydrogens is 308 g/mol. The Morgan fingerprint density at radius 2 is 2.00 bits per heavy atom. The highest BCUT2D eigenvalue weighted by molar-refractivity contribution is 6.06. The van der Waals surface area contributed by atoms with Crippen LogP contribution in [0.2, 0.25) is 0 Å². The summed E-state index contributed by atoms with van der Waals surface area (Å²) in [5.41, 5.74) is 6.55. The lowest BCUT2D eigenvalue weighted by atomic mass is 10.1. The highest BCUT2D eigenvalue weighted by atomic mass is 16.2. The molecule has 24 heavy (non-hydrogen) atoms. The van der Waals surface area contributed by atoms with Gasteiger partial charge in [0.1, 0.15) is 0 Å². The molecule has 1 aromatic carbocycles. The molecule has 7 nitrogen and oxygen atoms in total. The van der Waals surface area contributed by atoms with Crippen LogP contribution in [0.25, 0.3) is 0 Å². The number of rotatable bonds is 8. The van der Waals surface area contributed by atoms with E-state index in [9.17, 15) is 14.4 Å². The van der Waals surface area contributed by atoms with E-state index < -0.39 is 6.03 Å². The largest absolute Gasteiger partial charge is 0.352 e. The molecule has 0 bridgehead atoms. The minimum atomic E-state index is -0.455. The highest BCUT2D eigenvalue weighted by Gasteiger charge is 2.24. The second kappa shape index (κ2) is 9.02. The lowest BCUT2D eigenvalue weighted by Gasteiger charge is -2.26. The summed E-state index contributed by atoms with van der Waals surface area (Å²) in [5, 5.41) is 5.15. The van der Waals surface area contributed by atoms with Gasteiger partial charge in [0, 0.05) is 30.8 Å². The zero-order chi connectivity index (χ0) is 17.4. The number of nitrogens with zero attached hydrogens (tertiary/aromatic N) is 1. The van der Waals surface area contributed by atoms with E-state index in [1.165, 1.54) is 4.90 Å². The van der Waals surface area contributed by atoms with Crippen molar-refractivity contribution >= 4 is 23.5 Å². The first-order chi connectivity index (χ1) is 11.6. The summed E-state index contributed by atoms with van der Waals surface area (Å²) >= 11 is 0. The summed E-state index contributed by atoms with van der Waals surface area (Å²) in [6, 6.07) is 6.40. The number of imide groups is 1. The van der Waals surface area contributed by atoms with Gasteiger partial charge < -0.3 is 11.1 Å². The van der Waals surface area contributed by atoms with E-state index in [1.807, 2.05) is 0 Å². The van der Waals surface area contributed by atoms with E-state index in [0.29, 0.717) is 30.9 Å². The van der Waals surface area contributed by atoms with E-state index >= 15 is 0 Å². The number of amides is 4. The quantitative estimate of drug-likeness (QED) is 0.626. The number of nitrogens with one attached hydrogen (secondary N) is 2. The van der Waals surface area contributed by atoms with Gasteiger partial charge in [0.15, 0.2) is 0 Å². The Kier molecular flexibility index (Phi) is 6.74. The van der Waals surface area contributed by atoms with Crippen molar-refractivity contribution in [2.45, 2.75) is 32.1 Å². The molecule has 1 aliphatic rings. The third-order valence-corrected chi connectivity index (χ3v) is 3.89. The number of benzene rings is 1. The van der Waals surface area contributed by atoms with Crippen LogP contribution in [0.15, 0.2) is 24.3 Å². The Bertz CT molecular complexity index is 603. The van der Waals surface area contributed by atoms with Gasteiger partial charge in [0.25, 0.3) is 5.91 Å². The maximum Gasteiger partial charge on any atom is 0.328 e. The van der Waals surface area contributed by atoms with Gasteiger partial charge in [-0.15, -0.1) is 0 Å². The summed E-state index contributed by atoms with van der Waals surface area (Å²) in [6.45, 7) is 1.64. The molecule has 0 radical (unpaired) electrons. The molecule has 1 saturated heterocycles. The molecule has 0 aliphatic carbocycles. The van der Waals surface area contributed by atoms with Gasteiger partial charge in [-0.3, -0.25) is 19.8 Å². The van der Waals surface area contributed by atoms with Crippen LogP contribution in [0.1, 0.15) is 42.5 Å². The second-order valence-electron chi connectivity index (χ2n) is 5.76. The number of carbonyl (C=O) groups excluding carboxylic acids is 3. The predicted molar refractivity (Wildman–Crippen MR) is 91.8 cm³/mol. The minimum absolute atomic E-state index is 0.163. The molecule has 7 heteroatoms. The van der Waals surface area contributed by atoms with Crippen LogP contribution < -0.4 is 21.3 Å². The van der Waals surface area contributed by atoms with Crippen LogP contribution in [-0.2, 0) is 4.79 Å². The van der Waals surface area contributed by atoms with Crippen LogP contribution in [0.5, 0.6) is 0 Å². The molecule has 2 rings (SSSR count). The van der Waals surface area contributed by atoms with Crippen molar-refractivity contribution in [3.8, 4) is 0 Å². The SMILES string of the molecule is NCCCCCCNC(=O)c1cccc(N2CCC(=O)NC2=O)c1. The van der Waals surface area contributed by atoms with Crippen molar-refractivity contribution in [2.75, 3.05) is 24.5 Å². The molecule has 1 aromatic rings. The van der Waals surface area contributed by atoms with Gasteiger partial charge in [-0.25, -0.2) is 4.79 Å². The monoisotopic (exact) mass is 332 g/mol. The number of urea groups is 1. The van der Waals surface area contributed by atoms with Crippen LogP contribution in [-0.4, -0.2) is 37.5 Å². The average Bonchev–Trinajstić information content (AvgIpc) is 2.58. The molecule has 130 valence electrons. The van der Waals surface area contributed by atoms with E-state index in [4.69, 9.17) is 5.73 Å². The molecule has 1 aliphatic heterocycles. The maximum absolute atomic E-state index is 12.2. The molecule has 0 spiro atoms. The first-order valence-electron chi connectivity index (χ1n) is 8.31. The number of carbonyl (C=O) groups is 3. The molecule has 1 heterocycles. The summed E-state index contributed by atoms with van der Waals surface area (Å²) in [6.07, 6.45) is 4.30. The molecule has 4 N–H and O–H groups in total. The minimum Gasteiger partial charge on any atom is -0.352 e. The van der Waals surface area contributed by atoms with Crippen LogP contribution in [0, 0.1) is 0 Å². The van der Waals surface area contributed by atoms with Crippen molar-refractivity contribution < 1.29 is 14.4 Å². The average molecular weight is 332 g/mol. The maximum atomic E-state index is 12.2. The third kappa shape index (κ3) is 5.06. The normalized spacial score (nSPS) is 14.5. The molecular formula is C17H24N4O3. The van der Waals surface area contributed by atoms with Crippen LogP contribution in [0.4, 0.5) is 10.5 Å². The molecule has 0 saturated carbocycles. The Balaban J connectivity index is 1.88. The fraction of sp³-hybridized carbons (Fsp3) is 0.471. The number of anilines is 1. The number of unbranched alkanes of at least 4 members (excludes halogenated alkanes) is 3. The molecule has 0 atom stereocenters. The van der Waals surface area contributed by atoms with Gasteiger partial charge in [0.05, 0.1) is 0 Å². The van der Waals surface area contributed by atoms with Gasteiger partial charge in [-0.1, -0.05) is 18.9 Å². The predicted octanol–water partition coefficient (Wildman–Crippen LogP) is 1.38. The van der Waals surface area contributed by atoms with Gasteiger partial charge in [-0.05, 0) is 37.6 Å². The topological polar surface area (TPSA) is 105 Å². The lowest BCUT2D eigenvalue weighted by Crippen LogP contribution is -2.49. The van der Waals surface area contributed by atoms with Crippen molar-refractivity contribution in [3.05, 3.63) is 29.8 Å². The van der Waals surface area contributed by atoms with E-state index in [-0.39, 0.29) is 18.2 Å². The third-order valence-electron chi connectivity index (χ3n) is 3.89. The summed E-state index contributed by atoms with van der Waals surface area (Å²) in [4.78, 5) is 36.7. The van der Waals surface area contributed by atoms with Gasteiger partial charge >= 0.3 is 6.03 Å². The molecule has 0 unspecified atom stereocenters. The zero-order valence-corrected chi connectivity index (χ0v) is 13.7. The van der Waals surface area contributed by atoms with Gasteiger partial charge in [0.2, 0.25) is 5.91 Å². The Labute approximate surface area is 141 Å². The second-order valence-corrected chi connectivity index (χ2v) is 5.76. The van der Waals surface area contributed by atoms with Crippen molar-refractivity contribution in [3.63, 3.8) is 0 Å². The number of hydrogen-bond donors (Lipinski definition) is 3. The fourth-order valence-electron chi connectivity index (χ4n) is 2.55. The molecule has 4 amide bonds. The lowest BCUT2D eigenvalue weighted by molar-refractivity contribution is -0.120. The zero-order valence-electron chi connectivity index (χ0n) is 13.7. The van der Waals surface area contributed by atoms with Crippen LogP contribution in [0.3, 0.4) is 0 Å². The number of nitrogens with two attached hydrogens (primary N) is 1. The summed E-state index contributed by atoms with van der Waals surface area (Å²) < 4.78 is 0. The Hall–Kier alpha value is -2.41. The molecule has 0 aromatic heterocycles. The van der Waals surface area contributed by atoms with Crippen molar-refractivity contribution in [1.82, 2.24) is 10.6 Å². The molecule has 1 fully saturated rings. The van der Waals surface area contributed by atoms with E-state index in [1.54, 1.807) is 24.3 Å². The Morgan fingerprint density at radius 3 is 2.75 bits per heavy atom. The first kappa shape index (κ1) is 17.9. The van der Waals surface area contributed by atoms with Crippen molar-refractivity contribution in [2.24, 2.45) is 5.73 Å². The Morgan fingerprint density at radius 1 is 1.21 bits per heavy atom. The summed E-state index contributed by atoms with van der Waals surface area (Å²) in [5.74, 6) is -0.441. The van der Waals surface area contributed by atoms with Crippen LogP contribution >= 0.6 is 0 Å². The van der Waals surface area contributed by atoms with E-state index in [2.05, 4.69) is 10.6 Å². The first-order valence-corrected chi connectivity index (χ1v) is 8.31.